The molecule has 3 aliphatic rings. The quantitative estimate of drug-likeness (QED) is 0.841. The number of hydrogen-bond acceptors (Lipinski definition) is 5. The van der Waals surface area contributed by atoms with Crippen LogP contribution in [-0.4, -0.2) is 61.0 Å². The van der Waals surface area contributed by atoms with Gasteiger partial charge in [-0.05, 0) is 32.1 Å². The summed E-state index contributed by atoms with van der Waals surface area (Å²) in [6, 6.07) is 0.299. The summed E-state index contributed by atoms with van der Waals surface area (Å²) in [5.41, 5.74) is 0. The number of aryl methyl sites for hydroxylation is 1. The van der Waals surface area contributed by atoms with Crippen molar-refractivity contribution in [2.24, 2.45) is 5.92 Å². The predicted octanol–water partition coefficient (Wildman–Crippen LogP) is 0.433. The fraction of sp³-hybridized carbons (Fsp3) is 0.800. The topological polar surface area (TPSA) is 76.5 Å². The fourth-order valence-electron chi connectivity index (χ4n) is 3.68. The highest BCUT2D eigenvalue weighted by Crippen LogP contribution is 2.38. The lowest BCUT2D eigenvalue weighted by Crippen LogP contribution is -2.47. The first kappa shape index (κ1) is 15.6. The van der Waals surface area contributed by atoms with E-state index in [1.165, 1.54) is 19.0 Å². The molecule has 3 atom stereocenters. The molecule has 0 amide bonds. The molecule has 0 aromatic carbocycles. The normalized spacial score (nSPS) is 32.1. The molecule has 2 saturated heterocycles. The summed E-state index contributed by atoms with van der Waals surface area (Å²) in [6.45, 7) is 5.05. The van der Waals surface area contributed by atoms with Crippen molar-refractivity contribution in [1.29, 1.82) is 0 Å². The first-order valence-corrected chi connectivity index (χ1v) is 9.94. The molecule has 3 fully saturated rings. The third kappa shape index (κ3) is 3.17. The fourth-order valence-corrected chi connectivity index (χ4v) is 4.87. The zero-order valence-corrected chi connectivity index (χ0v) is 14.2. The van der Waals surface area contributed by atoms with Crippen molar-refractivity contribution in [3.05, 3.63) is 12.4 Å². The lowest BCUT2D eigenvalue weighted by Gasteiger charge is -2.35. The summed E-state index contributed by atoms with van der Waals surface area (Å²) in [5, 5.41) is 4.05. The molecule has 4 rings (SSSR count). The molecule has 1 aromatic rings. The van der Waals surface area contributed by atoms with Gasteiger partial charge in [-0.1, -0.05) is 0 Å². The summed E-state index contributed by atoms with van der Waals surface area (Å²) >= 11 is 0. The molecule has 1 N–H and O–H groups in total. The second-order valence-corrected chi connectivity index (χ2v) is 8.62. The molecule has 1 aliphatic carbocycles. The van der Waals surface area contributed by atoms with Gasteiger partial charge in [0.2, 0.25) is 10.0 Å². The summed E-state index contributed by atoms with van der Waals surface area (Å²) < 4.78 is 35.4. The molecule has 8 heteroatoms. The SMILES string of the molecule is CCn1cc(S(=O)(=O)N[C@H]2C[C@H]3CO[C@H](C4CC4)CN3C2)cn1. The van der Waals surface area contributed by atoms with Crippen LogP contribution in [-0.2, 0) is 21.3 Å². The Morgan fingerprint density at radius 3 is 2.91 bits per heavy atom. The molecule has 0 bridgehead atoms. The van der Waals surface area contributed by atoms with Crippen molar-refractivity contribution in [2.75, 3.05) is 19.7 Å². The Bertz CT molecular complexity index is 670. The van der Waals surface area contributed by atoms with Crippen LogP contribution in [0, 0.1) is 5.92 Å². The van der Waals surface area contributed by atoms with E-state index in [-0.39, 0.29) is 10.9 Å². The van der Waals surface area contributed by atoms with E-state index in [1.54, 1.807) is 10.9 Å². The van der Waals surface area contributed by atoms with Crippen LogP contribution in [0.3, 0.4) is 0 Å². The summed E-state index contributed by atoms with van der Waals surface area (Å²) in [7, 11) is -3.49. The highest BCUT2D eigenvalue weighted by molar-refractivity contribution is 7.89. The number of nitrogens with zero attached hydrogens (tertiary/aromatic N) is 3. The smallest absolute Gasteiger partial charge is 0.243 e. The zero-order chi connectivity index (χ0) is 16.0. The molecule has 7 nitrogen and oxygen atoms in total. The molecule has 128 valence electrons. The number of aromatic nitrogens is 2. The summed E-state index contributed by atoms with van der Waals surface area (Å²) in [5.74, 6) is 0.728. The van der Waals surface area contributed by atoms with E-state index in [1.807, 2.05) is 6.92 Å². The van der Waals surface area contributed by atoms with E-state index in [9.17, 15) is 8.42 Å². The second kappa shape index (κ2) is 5.84. The number of morpholine rings is 1. The second-order valence-electron chi connectivity index (χ2n) is 6.90. The van der Waals surface area contributed by atoms with Gasteiger partial charge in [-0.2, -0.15) is 5.10 Å². The van der Waals surface area contributed by atoms with Crippen LogP contribution in [0.15, 0.2) is 17.3 Å². The summed E-state index contributed by atoms with van der Waals surface area (Å²) in [6.07, 6.45) is 6.72. The minimum Gasteiger partial charge on any atom is -0.375 e. The standard InChI is InChI=1S/C15H24N4O3S/c1-2-19-8-14(6-16-19)23(20,21)17-12-5-13-10-22-15(11-3-4-11)9-18(13)7-12/h6,8,11-13,15,17H,2-5,7,9-10H2,1H3/t12-,13-,15-/m0/s1. The average molecular weight is 340 g/mol. The molecule has 2 aliphatic heterocycles. The van der Waals surface area contributed by atoms with Crippen molar-refractivity contribution in [3.8, 4) is 0 Å². The molecule has 0 unspecified atom stereocenters. The maximum absolute atomic E-state index is 12.5. The maximum Gasteiger partial charge on any atom is 0.243 e. The van der Waals surface area contributed by atoms with E-state index in [0.717, 1.165) is 32.0 Å². The van der Waals surface area contributed by atoms with Crippen LogP contribution in [0.1, 0.15) is 26.2 Å². The Kier molecular flexibility index (Phi) is 3.95. The Hall–Kier alpha value is -0.960. The number of nitrogens with one attached hydrogen (secondary N) is 1. The Morgan fingerprint density at radius 2 is 2.22 bits per heavy atom. The van der Waals surface area contributed by atoms with Gasteiger partial charge in [0.15, 0.2) is 0 Å². The molecular weight excluding hydrogens is 316 g/mol. The van der Waals surface area contributed by atoms with Gasteiger partial charge in [-0.25, -0.2) is 13.1 Å². The molecule has 0 radical (unpaired) electrons. The molecular formula is C15H24N4O3S. The van der Waals surface area contributed by atoms with Crippen LogP contribution in [0.2, 0.25) is 0 Å². The Morgan fingerprint density at radius 1 is 1.39 bits per heavy atom. The summed E-state index contributed by atoms with van der Waals surface area (Å²) in [4.78, 5) is 2.64. The van der Waals surface area contributed by atoms with Gasteiger partial charge < -0.3 is 4.74 Å². The average Bonchev–Trinajstić information content (AvgIpc) is 3.11. The van der Waals surface area contributed by atoms with Crippen molar-refractivity contribution in [1.82, 2.24) is 19.4 Å². The molecule has 1 saturated carbocycles. The maximum atomic E-state index is 12.5. The molecule has 23 heavy (non-hydrogen) atoms. The van der Waals surface area contributed by atoms with Crippen molar-refractivity contribution >= 4 is 10.0 Å². The van der Waals surface area contributed by atoms with E-state index in [0.29, 0.717) is 18.7 Å². The zero-order valence-electron chi connectivity index (χ0n) is 13.4. The van der Waals surface area contributed by atoms with Gasteiger partial charge in [-0.15, -0.1) is 0 Å². The van der Waals surface area contributed by atoms with Crippen LogP contribution in [0.5, 0.6) is 0 Å². The number of rotatable bonds is 5. The van der Waals surface area contributed by atoms with E-state index in [2.05, 4.69) is 14.7 Å². The van der Waals surface area contributed by atoms with E-state index < -0.39 is 10.0 Å². The van der Waals surface area contributed by atoms with E-state index in [4.69, 9.17) is 4.74 Å². The molecule has 1 aromatic heterocycles. The monoisotopic (exact) mass is 340 g/mol. The molecule has 3 heterocycles. The third-order valence-corrected chi connectivity index (χ3v) is 6.63. The predicted molar refractivity (Wildman–Crippen MR) is 84.5 cm³/mol. The minimum atomic E-state index is -3.49. The third-order valence-electron chi connectivity index (χ3n) is 5.16. The van der Waals surface area contributed by atoms with Crippen molar-refractivity contribution in [3.63, 3.8) is 0 Å². The van der Waals surface area contributed by atoms with Gasteiger partial charge in [-0.3, -0.25) is 9.58 Å². The molecule has 0 spiro atoms. The van der Waals surface area contributed by atoms with Crippen LogP contribution in [0.4, 0.5) is 0 Å². The van der Waals surface area contributed by atoms with Crippen molar-refractivity contribution in [2.45, 2.75) is 55.8 Å². The van der Waals surface area contributed by atoms with Crippen LogP contribution < -0.4 is 4.72 Å². The Labute approximate surface area is 137 Å². The van der Waals surface area contributed by atoms with Gasteiger partial charge in [0.05, 0.1) is 18.9 Å². The van der Waals surface area contributed by atoms with Gasteiger partial charge >= 0.3 is 0 Å². The van der Waals surface area contributed by atoms with Crippen molar-refractivity contribution < 1.29 is 13.2 Å². The Balaban J connectivity index is 1.39. The number of hydrogen-bond donors (Lipinski definition) is 1. The van der Waals surface area contributed by atoms with Gasteiger partial charge in [0.25, 0.3) is 0 Å². The first-order valence-electron chi connectivity index (χ1n) is 8.45. The van der Waals surface area contributed by atoms with E-state index >= 15 is 0 Å². The number of ether oxygens (including phenoxy) is 1. The highest BCUT2D eigenvalue weighted by atomic mass is 32.2. The minimum absolute atomic E-state index is 0.0449. The van der Waals surface area contributed by atoms with Gasteiger partial charge in [0, 0.05) is 37.9 Å². The first-order chi connectivity index (χ1) is 11.0. The lowest BCUT2D eigenvalue weighted by atomic mass is 10.1. The largest absolute Gasteiger partial charge is 0.375 e. The number of sulfonamides is 1. The lowest BCUT2D eigenvalue weighted by molar-refractivity contribution is -0.0581. The highest BCUT2D eigenvalue weighted by Gasteiger charge is 2.43. The van der Waals surface area contributed by atoms with Crippen LogP contribution in [0.25, 0.3) is 0 Å². The number of fused-ring (bicyclic) bond motifs is 1. The van der Waals surface area contributed by atoms with Crippen LogP contribution >= 0.6 is 0 Å². The van der Waals surface area contributed by atoms with Gasteiger partial charge in [0.1, 0.15) is 4.90 Å².